The maximum absolute atomic E-state index is 10.9. The van der Waals surface area contributed by atoms with Crippen LogP contribution in [0.3, 0.4) is 0 Å². The summed E-state index contributed by atoms with van der Waals surface area (Å²) >= 11 is 4.92. The highest BCUT2D eigenvalue weighted by Crippen LogP contribution is 2.05. The number of hydrogen-bond acceptors (Lipinski definition) is 3. The van der Waals surface area contributed by atoms with E-state index in [1.807, 2.05) is 0 Å². The zero-order valence-corrected chi connectivity index (χ0v) is 10.4. The normalized spacial score (nSPS) is 10.0. The maximum Gasteiger partial charge on any atom is 0.336 e. The Morgan fingerprint density at radius 2 is 2.22 bits per heavy atom. The quantitative estimate of drug-likeness (QED) is 0.324. The number of carboxylic acids is 1. The lowest BCUT2D eigenvalue weighted by Crippen LogP contribution is -2.31. The first-order chi connectivity index (χ1) is 8.65. The van der Waals surface area contributed by atoms with Crippen LogP contribution >= 0.6 is 12.2 Å². The number of thiocarbonyl (C=S) groups is 1. The lowest BCUT2D eigenvalue weighted by molar-refractivity contribution is 0.0697. The topological polar surface area (TPSA) is 73.7 Å². The van der Waals surface area contributed by atoms with Gasteiger partial charge in [0.25, 0.3) is 0 Å². The molecule has 0 bridgehead atoms. The Balaban J connectivity index is 2.64. The van der Waals surface area contributed by atoms with Crippen molar-refractivity contribution >= 4 is 29.5 Å². The molecule has 6 heteroatoms. The van der Waals surface area contributed by atoms with Crippen molar-refractivity contribution in [3.63, 3.8) is 0 Å². The van der Waals surface area contributed by atoms with Gasteiger partial charge in [0.05, 0.1) is 11.8 Å². The molecule has 0 heterocycles. The fraction of sp³-hybridized carbons (Fsp3) is 0.0833. The largest absolute Gasteiger partial charge is 0.478 e. The summed E-state index contributed by atoms with van der Waals surface area (Å²) in [5.41, 5.74) is 3.27. The molecule has 3 N–H and O–H groups in total. The Morgan fingerprint density at radius 3 is 2.89 bits per heavy atom. The minimum Gasteiger partial charge on any atom is -0.478 e. The van der Waals surface area contributed by atoms with Crippen LogP contribution in [0.1, 0.15) is 15.9 Å². The molecule has 0 fully saturated rings. The molecular formula is C12H13N3O2S. The molecule has 0 saturated carbocycles. The smallest absolute Gasteiger partial charge is 0.336 e. The van der Waals surface area contributed by atoms with E-state index in [1.54, 1.807) is 24.3 Å². The van der Waals surface area contributed by atoms with Gasteiger partial charge in [-0.25, -0.2) is 4.79 Å². The van der Waals surface area contributed by atoms with E-state index in [0.717, 1.165) is 0 Å². The summed E-state index contributed by atoms with van der Waals surface area (Å²) in [5, 5.41) is 16.0. The standard InChI is InChI=1S/C12H13N3O2S/c1-2-7-13-12(18)15-14-8-9-5-3-4-6-10(9)11(16)17/h2-6,8H,1,7H2,(H,16,17)(H2,13,15,18). The first-order valence-corrected chi connectivity index (χ1v) is 5.56. The van der Waals surface area contributed by atoms with Crippen LogP contribution in [0.15, 0.2) is 42.0 Å². The molecule has 18 heavy (non-hydrogen) atoms. The van der Waals surface area contributed by atoms with Crippen molar-refractivity contribution in [2.24, 2.45) is 5.10 Å². The van der Waals surface area contributed by atoms with Gasteiger partial charge in [0.2, 0.25) is 0 Å². The van der Waals surface area contributed by atoms with E-state index >= 15 is 0 Å². The highest BCUT2D eigenvalue weighted by Gasteiger charge is 2.06. The third-order valence-corrected chi connectivity index (χ3v) is 2.20. The van der Waals surface area contributed by atoms with Crippen LogP contribution in [0.4, 0.5) is 0 Å². The van der Waals surface area contributed by atoms with Gasteiger partial charge < -0.3 is 10.4 Å². The van der Waals surface area contributed by atoms with Gasteiger partial charge in [-0.15, -0.1) is 6.58 Å². The minimum absolute atomic E-state index is 0.188. The van der Waals surface area contributed by atoms with Crippen LogP contribution in [0.2, 0.25) is 0 Å². The Labute approximate surface area is 110 Å². The van der Waals surface area contributed by atoms with Crippen LogP contribution in [-0.4, -0.2) is 28.9 Å². The van der Waals surface area contributed by atoms with Crippen LogP contribution in [0.25, 0.3) is 0 Å². The number of nitrogens with one attached hydrogen (secondary N) is 2. The second kappa shape index (κ2) is 7.18. The van der Waals surface area contributed by atoms with Gasteiger partial charge in [0, 0.05) is 12.1 Å². The van der Waals surface area contributed by atoms with Gasteiger partial charge in [-0.3, -0.25) is 5.43 Å². The molecule has 94 valence electrons. The molecule has 0 spiro atoms. The third-order valence-electron chi connectivity index (χ3n) is 1.97. The summed E-state index contributed by atoms with van der Waals surface area (Å²) in [4.78, 5) is 10.9. The summed E-state index contributed by atoms with van der Waals surface area (Å²) in [7, 11) is 0. The SMILES string of the molecule is C=CCNC(=S)NN=Cc1ccccc1C(=O)O. The molecule has 0 atom stereocenters. The average Bonchev–Trinajstić information content (AvgIpc) is 2.36. The van der Waals surface area contributed by atoms with Crippen molar-refractivity contribution in [1.82, 2.24) is 10.7 Å². The summed E-state index contributed by atoms with van der Waals surface area (Å²) in [6, 6.07) is 6.57. The molecule has 0 unspecified atom stereocenters. The van der Waals surface area contributed by atoms with Gasteiger partial charge in [0.15, 0.2) is 5.11 Å². The van der Waals surface area contributed by atoms with E-state index in [0.29, 0.717) is 17.2 Å². The van der Waals surface area contributed by atoms with Crippen molar-refractivity contribution in [2.45, 2.75) is 0 Å². The average molecular weight is 263 g/mol. The maximum atomic E-state index is 10.9. The molecule has 1 aromatic rings. The zero-order valence-electron chi connectivity index (χ0n) is 9.59. The number of carbonyl (C=O) groups is 1. The Morgan fingerprint density at radius 1 is 1.50 bits per heavy atom. The van der Waals surface area contributed by atoms with Crippen LogP contribution in [0, 0.1) is 0 Å². The van der Waals surface area contributed by atoms with E-state index in [4.69, 9.17) is 17.3 Å². The van der Waals surface area contributed by atoms with Gasteiger partial charge >= 0.3 is 5.97 Å². The van der Waals surface area contributed by atoms with Gasteiger partial charge in [-0.1, -0.05) is 24.3 Å². The number of carboxylic acid groups (broad SMARTS) is 1. The second-order valence-corrected chi connectivity index (χ2v) is 3.67. The summed E-state index contributed by atoms with van der Waals surface area (Å²) in [6.45, 7) is 4.07. The highest BCUT2D eigenvalue weighted by atomic mass is 32.1. The van der Waals surface area contributed by atoms with Crippen molar-refractivity contribution in [3.05, 3.63) is 48.0 Å². The fourth-order valence-electron chi connectivity index (χ4n) is 1.17. The zero-order chi connectivity index (χ0) is 13.4. The molecule has 1 rings (SSSR count). The van der Waals surface area contributed by atoms with E-state index < -0.39 is 5.97 Å². The predicted octanol–water partition coefficient (Wildman–Crippen LogP) is 1.37. The van der Waals surface area contributed by atoms with E-state index in [2.05, 4.69) is 22.4 Å². The lowest BCUT2D eigenvalue weighted by Gasteiger charge is -2.03. The first kappa shape index (κ1) is 13.9. The molecule has 0 amide bonds. The van der Waals surface area contributed by atoms with Crippen molar-refractivity contribution in [2.75, 3.05) is 6.54 Å². The monoisotopic (exact) mass is 263 g/mol. The highest BCUT2D eigenvalue weighted by molar-refractivity contribution is 7.80. The van der Waals surface area contributed by atoms with Crippen molar-refractivity contribution in [3.8, 4) is 0 Å². The molecule has 5 nitrogen and oxygen atoms in total. The van der Waals surface area contributed by atoms with Gasteiger partial charge in [0.1, 0.15) is 0 Å². The third kappa shape index (κ3) is 4.34. The van der Waals surface area contributed by atoms with Crippen LogP contribution in [-0.2, 0) is 0 Å². The van der Waals surface area contributed by atoms with Crippen LogP contribution < -0.4 is 10.7 Å². The molecule has 0 aliphatic rings. The molecular weight excluding hydrogens is 250 g/mol. The number of nitrogens with zero attached hydrogens (tertiary/aromatic N) is 1. The Hall–Kier alpha value is -2.21. The summed E-state index contributed by atoms with van der Waals surface area (Å²) in [6.07, 6.45) is 3.07. The lowest BCUT2D eigenvalue weighted by atomic mass is 10.1. The van der Waals surface area contributed by atoms with E-state index in [1.165, 1.54) is 12.3 Å². The Kier molecular flexibility index (Phi) is 5.53. The molecule has 1 aromatic carbocycles. The second-order valence-electron chi connectivity index (χ2n) is 3.26. The Bertz CT molecular complexity index is 486. The number of aromatic carboxylic acids is 1. The first-order valence-electron chi connectivity index (χ1n) is 5.15. The number of hydrazone groups is 1. The molecule has 0 aliphatic carbocycles. The summed E-state index contributed by atoms with van der Waals surface area (Å²) < 4.78 is 0. The minimum atomic E-state index is -0.996. The van der Waals surface area contributed by atoms with Crippen LogP contribution in [0.5, 0.6) is 0 Å². The molecule has 0 aliphatic heterocycles. The molecule has 0 aromatic heterocycles. The van der Waals surface area contributed by atoms with Gasteiger partial charge in [-0.05, 0) is 18.3 Å². The fourth-order valence-corrected chi connectivity index (χ4v) is 1.31. The van der Waals surface area contributed by atoms with Gasteiger partial charge in [-0.2, -0.15) is 5.10 Å². The van der Waals surface area contributed by atoms with Crippen molar-refractivity contribution < 1.29 is 9.90 Å². The van der Waals surface area contributed by atoms with E-state index in [-0.39, 0.29) is 5.56 Å². The number of hydrogen-bond donors (Lipinski definition) is 3. The molecule has 0 radical (unpaired) electrons. The number of rotatable bonds is 5. The summed E-state index contributed by atoms with van der Waals surface area (Å²) in [5.74, 6) is -0.996. The number of benzene rings is 1. The molecule has 0 saturated heterocycles. The van der Waals surface area contributed by atoms with E-state index in [9.17, 15) is 4.79 Å². The predicted molar refractivity (Wildman–Crippen MR) is 74.9 cm³/mol. The van der Waals surface area contributed by atoms with Crippen molar-refractivity contribution in [1.29, 1.82) is 0 Å².